The summed E-state index contributed by atoms with van der Waals surface area (Å²) in [6.07, 6.45) is 4.73. The van der Waals surface area contributed by atoms with Crippen LogP contribution < -0.4 is 5.32 Å². The number of carbonyl (C=O) groups excluding carboxylic acids is 2. The molecular weight excluding hydrogens is 308 g/mol. The lowest BCUT2D eigenvalue weighted by Gasteiger charge is -2.22. The van der Waals surface area contributed by atoms with E-state index >= 15 is 0 Å². The zero-order valence-corrected chi connectivity index (χ0v) is 13.0. The van der Waals surface area contributed by atoms with E-state index in [-0.39, 0.29) is 11.8 Å². The summed E-state index contributed by atoms with van der Waals surface area (Å²) in [7, 11) is 0. The number of nitrogens with one attached hydrogen (secondary N) is 1. The van der Waals surface area contributed by atoms with Gasteiger partial charge in [-0.25, -0.2) is 9.97 Å². The Morgan fingerprint density at radius 2 is 2.29 bits per heavy atom. The third kappa shape index (κ3) is 2.96. The first-order valence-electron chi connectivity index (χ1n) is 6.59. The van der Waals surface area contributed by atoms with E-state index in [0.717, 1.165) is 11.4 Å². The summed E-state index contributed by atoms with van der Waals surface area (Å²) < 4.78 is 0. The van der Waals surface area contributed by atoms with Crippen molar-refractivity contribution in [1.82, 2.24) is 14.9 Å². The number of amides is 2. The van der Waals surface area contributed by atoms with E-state index in [1.807, 2.05) is 6.92 Å². The summed E-state index contributed by atoms with van der Waals surface area (Å²) in [5.74, 6) is -0.283. The average Bonchev–Trinajstić information content (AvgIpc) is 3.18. The second-order valence-electron chi connectivity index (χ2n) is 4.73. The molecule has 0 saturated carbocycles. The molecule has 3 rings (SSSR count). The second-order valence-corrected chi connectivity index (χ2v) is 6.86. The van der Waals surface area contributed by atoms with Gasteiger partial charge in [0, 0.05) is 18.1 Å². The van der Waals surface area contributed by atoms with Crippen molar-refractivity contribution in [2.75, 3.05) is 11.9 Å². The van der Waals surface area contributed by atoms with Crippen molar-refractivity contribution in [2.24, 2.45) is 0 Å². The predicted molar refractivity (Wildman–Crippen MR) is 81.7 cm³/mol. The highest BCUT2D eigenvalue weighted by Gasteiger charge is 2.35. The molecule has 1 aliphatic heterocycles. The van der Waals surface area contributed by atoms with Crippen LogP contribution in [0, 0.1) is 6.92 Å². The van der Waals surface area contributed by atoms with Crippen molar-refractivity contribution in [3.8, 4) is 0 Å². The molecule has 1 N–H and O–H groups in total. The molecule has 0 bridgehead atoms. The van der Waals surface area contributed by atoms with Crippen LogP contribution in [0.5, 0.6) is 0 Å². The van der Waals surface area contributed by atoms with Crippen molar-refractivity contribution in [2.45, 2.75) is 25.8 Å². The van der Waals surface area contributed by atoms with Crippen molar-refractivity contribution < 1.29 is 9.59 Å². The number of likely N-dealkylation sites (tertiary alicyclic amines) is 1. The van der Waals surface area contributed by atoms with E-state index in [2.05, 4.69) is 15.3 Å². The molecule has 21 heavy (non-hydrogen) atoms. The Morgan fingerprint density at radius 1 is 1.43 bits per heavy atom. The number of hydrogen-bond acceptors (Lipinski definition) is 6. The number of thiazole rings is 2. The Bertz CT molecular complexity index is 653. The third-order valence-corrected chi connectivity index (χ3v) is 4.90. The van der Waals surface area contributed by atoms with Crippen LogP contribution in [-0.4, -0.2) is 39.3 Å². The normalized spacial score (nSPS) is 18.0. The maximum Gasteiger partial charge on any atom is 0.266 e. The van der Waals surface area contributed by atoms with E-state index in [4.69, 9.17) is 0 Å². The van der Waals surface area contributed by atoms with Gasteiger partial charge in [-0.1, -0.05) is 0 Å². The molecule has 0 radical (unpaired) electrons. The molecular formula is C13H14N4O2S2. The molecule has 2 aromatic heterocycles. The number of hydrogen-bond donors (Lipinski definition) is 1. The lowest BCUT2D eigenvalue weighted by Crippen LogP contribution is -2.42. The Hall–Kier alpha value is -1.80. The summed E-state index contributed by atoms with van der Waals surface area (Å²) >= 11 is 2.72. The minimum atomic E-state index is -0.427. The summed E-state index contributed by atoms with van der Waals surface area (Å²) in [6, 6.07) is -0.427. The highest BCUT2D eigenvalue weighted by Crippen LogP contribution is 2.24. The van der Waals surface area contributed by atoms with Gasteiger partial charge in [0.2, 0.25) is 5.91 Å². The summed E-state index contributed by atoms with van der Waals surface area (Å²) in [5, 5.41) is 5.98. The average molecular weight is 322 g/mol. The van der Waals surface area contributed by atoms with Gasteiger partial charge in [0.25, 0.3) is 5.91 Å². The number of anilines is 1. The fraction of sp³-hybridized carbons (Fsp3) is 0.385. The highest BCUT2D eigenvalue weighted by atomic mass is 32.1. The molecule has 1 saturated heterocycles. The molecule has 8 heteroatoms. The Morgan fingerprint density at radius 3 is 2.95 bits per heavy atom. The number of aryl methyl sites for hydroxylation is 1. The molecule has 110 valence electrons. The molecule has 1 atom stereocenters. The predicted octanol–water partition coefficient (Wildman–Crippen LogP) is 2.15. The van der Waals surface area contributed by atoms with Crippen LogP contribution in [0.15, 0.2) is 17.8 Å². The van der Waals surface area contributed by atoms with Gasteiger partial charge in [-0.2, -0.15) is 0 Å². The number of nitrogens with zero attached hydrogens (tertiary/aromatic N) is 3. The van der Waals surface area contributed by atoms with Crippen LogP contribution in [-0.2, 0) is 4.79 Å². The Balaban J connectivity index is 1.73. The van der Waals surface area contributed by atoms with Gasteiger partial charge < -0.3 is 10.2 Å². The molecule has 1 fully saturated rings. The monoisotopic (exact) mass is 322 g/mol. The van der Waals surface area contributed by atoms with Crippen LogP contribution in [0.1, 0.15) is 27.5 Å². The second kappa shape index (κ2) is 5.90. The smallest absolute Gasteiger partial charge is 0.266 e. The minimum Gasteiger partial charge on any atom is -0.326 e. The third-order valence-electron chi connectivity index (χ3n) is 3.31. The zero-order valence-electron chi connectivity index (χ0n) is 11.4. The lowest BCUT2D eigenvalue weighted by atomic mass is 10.2. The maximum atomic E-state index is 12.5. The van der Waals surface area contributed by atoms with Gasteiger partial charge in [-0.3, -0.25) is 9.59 Å². The van der Waals surface area contributed by atoms with Gasteiger partial charge in [0.05, 0.1) is 11.2 Å². The summed E-state index contributed by atoms with van der Waals surface area (Å²) in [4.78, 5) is 35.2. The Labute approximate surface area is 129 Å². The van der Waals surface area contributed by atoms with E-state index in [9.17, 15) is 9.59 Å². The molecule has 2 aromatic rings. The first-order valence-corrected chi connectivity index (χ1v) is 8.28. The van der Waals surface area contributed by atoms with Crippen LogP contribution in [0.25, 0.3) is 0 Å². The first-order chi connectivity index (χ1) is 10.1. The SMILES string of the molecule is Cc1ncc(C(=O)N2CCCC2C(=O)Nc2nccs2)s1. The van der Waals surface area contributed by atoms with Crippen LogP contribution in [0.3, 0.4) is 0 Å². The van der Waals surface area contributed by atoms with Gasteiger partial charge in [-0.15, -0.1) is 22.7 Å². The number of rotatable bonds is 3. The molecule has 0 aliphatic carbocycles. The van der Waals surface area contributed by atoms with Crippen LogP contribution in [0.2, 0.25) is 0 Å². The highest BCUT2D eigenvalue weighted by molar-refractivity contribution is 7.14. The van der Waals surface area contributed by atoms with Crippen molar-refractivity contribution in [3.63, 3.8) is 0 Å². The van der Waals surface area contributed by atoms with E-state index in [0.29, 0.717) is 23.0 Å². The van der Waals surface area contributed by atoms with Crippen LogP contribution in [0.4, 0.5) is 5.13 Å². The number of aromatic nitrogens is 2. The van der Waals surface area contributed by atoms with Crippen LogP contribution >= 0.6 is 22.7 Å². The molecule has 0 spiro atoms. The van der Waals surface area contributed by atoms with Crippen molar-refractivity contribution in [3.05, 3.63) is 27.7 Å². The van der Waals surface area contributed by atoms with Gasteiger partial charge in [0.1, 0.15) is 10.9 Å². The quantitative estimate of drug-likeness (QED) is 0.939. The van der Waals surface area contributed by atoms with Crippen molar-refractivity contribution in [1.29, 1.82) is 0 Å². The summed E-state index contributed by atoms with van der Waals surface area (Å²) in [6.45, 7) is 2.46. The minimum absolute atomic E-state index is 0.114. The van der Waals surface area contributed by atoms with Gasteiger partial charge in [0.15, 0.2) is 5.13 Å². The fourth-order valence-corrected chi connectivity index (χ4v) is 3.62. The molecule has 0 aromatic carbocycles. The van der Waals surface area contributed by atoms with Crippen molar-refractivity contribution >= 4 is 39.6 Å². The van der Waals surface area contributed by atoms with E-state index < -0.39 is 6.04 Å². The zero-order chi connectivity index (χ0) is 14.8. The maximum absolute atomic E-state index is 12.5. The molecule has 3 heterocycles. The largest absolute Gasteiger partial charge is 0.326 e. The molecule has 6 nitrogen and oxygen atoms in total. The van der Waals surface area contributed by atoms with Gasteiger partial charge >= 0.3 is 0 Å². The molecule has 2 amide bonds. The number of carbonyl (C=O) groups is 2. The first kappa shape index (κ1) is 14.2. The lowest BCUT2D eigenvalue weighted by molar-refractivity contribution is -0.119. The Kier molecular flexibility index (Phi) is 3.98. The molecule has 1 unspecified atom stereocenters. The van der Waals surface area contributed by atoms with E-state index in [1.54, 1.807) is 22.7 Å². The van der Waals surface area contributed by atoms with Gasteiger partial charge in [-0.05, 0) is 19.8 Å². The fourth-order valence-electron chi connectivity index (χ4n) is 2.36. The molecule has 1 aliphatic rings. The topological polar surface area (TPSA) is 75.2 Å². The van der Waals surface area contributed by atoms with E-state index in [1.165, 1.54) is 22.7 Å². The summed E-state index contributed by atoms with van der Waals surface area (Å²) in [5.41, 5.74) is 0. The standard InChI is InChI=1S/C13H14N4O2S2/c1-8-15-7-10(21-8)12(19)17-5-2-3-9(17)11(18)16-13-14-4-6-20-13/h4,6-7,9H,2-3,5H2,1H3,(H,14,16,18).